The Balaban J connectivity index is 1.79. The molecule has 0 unspecified atom stereocenters. The molecule has 2 aromatic rings. The maximum atomic E-state index is 13.3. The predicted molar refractivity (Wildman–Crippen MR) is 92.3 cm³/mol. The van der Waals surface area contributed by atoms with Gasteiger partial charge in [-0.1, -0.05) is 30.3 Å². The van der Waals surface area contributed by atoms with Gasteiger partial charge in [0.15, 0.2) is 0 Å². The molecule has 134 valence electrons. The van der Waals surface area contributed by atoms with Crippen LogP contribution in [0.1, 0.15) is 50.3 Å². The first-order chi connectivity index (χ1) is 11.9. The Morgan fingerprint density at radius 2 is 1.84 bits per heavy atom. The maximum Gasteiger partial charge on any atom is 0.330 e. The molecule has 0 aliphatic heterocycles. The third-order valence-corrected chi connectivity index (χ3v) is 4.69. The molecule has 1 atom stereocenters. The minimum absolute atomic E-state index is 0.0968. The topological polar surface area (TPSA) is 66.9 Å². The van der Waals surface area contributed by atoms with E-state index < -0.39 is 23.2 Å². The number of aromatic nitrogens is 2. The Kier molecular flexibility index (Phi) is 4.74. The van der Waals surface area contributed by atoms with Gasteiger partial charge in [0.05, 0.1) is 0 Å². The Morgan fingerprint density at radius 3 is 2.44 bits per heavy atom. The number of hydrogen-bond acceptors (Lipinski definition) is 3. The summed E-state index contributed by atoms with van der Waals surface area (Å²) in [6, 6.07) is 10.4. The lowest BCUT2D eigenvalue weighted by molar-refractivity contribution is -0.0446. The zero-order valence-electron chi connectivity index (χ0n) is 14.0. The van der Waals surface area contributed by atoms with E-state index >= 15 is 0 Å². The number of benzene rings is 1. The molecule has 2 N–H and O–H groups in total. The molecular weight excluding hydrogens is 328 g/mol. The number of rotatable bonds is 4. The molecule has 0 amide bonds. The van der Waals surface area contributed by atoms with Crippen molar-refractivity contribution in [2.45, 2.75) is 50.6 Å². The molecule has 1 fully saturated rings. The SMILES string of the molecule is C[C@H](Nc1cc(=O)n(C2CCC(F)(F)CC2)c(=O)[nH]1)c1ccccc1. The zero-order chi connectivity index (χ0) is 18.0. The predicted octanol–water partition coefficient (Wildman–Crippen LogP) is 3.46. The van der Waals surface area contributed by atoms with Crippen molar-refractivity contribution >= 4 is 5.82 Å². The van der Waals surface area contributed by atoms with E-state index in [0.717, 1.165) is 10.1 Å². The van der Waals surface area contributed by atoms with Crippen LogP contribution in [-0.2, 0) is 0 Å². The van der Waals surface area contributed by atoms with E-state index in [9.17, 15) is 18.4 Å². The van der Waals surface area contributed by atoms with Crippen LogP contribution in [0.2, 0.25) is 0 Å². The molecule has 1 saturated carbocycles. The van der Waals surface area contributed by atoms with Gasteiger partial charge in [0.1, 0.15) is 5.82 Å². The highest BCUT2D eigenvalue weighted by molar-refractivity contribution is 5.36. The van der Waals surface area contributed by atoms with Gasteiger partial charge in [-0.05, 0) is 25.3 Å². The molecule has 0 saturated heterocycles. The third kappa shape index (κ3) is 3.97. The summed E-state index contributed by atoms with van der Waals surface area (Å²) in [6.07, 6.45) is -0.338. The van der Waals surface area contributed by atoms with Crippen LogP contribution in [0.3, 0.4) is 0 Å². The summed E-state index contributed by atoms with van der Waals surface area (Å²) < 4.78 is 27.6. The van der Waals surface area contributed by atoms with Gasteiger partial charge < -0.3 is 5.32 Å². The van der Waals surface area contributed by atoms with Crippen molar-refractivity contribution < 1.29 is 8.78 Å². The van der Waals surface area contributed by atoms with Gasteiger partial charge in [0, 0.05) is 31.0 Å². The second-order valence-corrected chi connectivity index (χ2v) is 6.56. The van der Waals surface area contributed by atoms with E-state index in [1.165, 1.54) is 6.07 Å². The molecule has 5 nitrogen and oxygen atoms in total. The van der Waals surface area contributed by atoms with E-state index in [1.54, 1.807) is 0 Å². The molecule has 1 aromatic carbocycles. The third-order valence-electron chi connectivity index (χ3n) is 4.69. The van der Waals surface area contributed by atoms with Crippen molar-refractivity contribution in [2.24, 2.45) is 0 Å². The van der Waals surface area contributed by atoms with Crippen LogP contribution in [0, 0.1) is 0 Å². The van der Waals surface area contributed by atoms with Gasteiger partial charge in [0.2, 0.25) is 5.92 Å². The van der Waals surface area contributed by atoms with Crippen molar-refractivity contribution in [3.05, 3.63) is 62.8 Å². The van der Waals surface area contributed by atoms with E-state index in [2.05, 4.69) is 10.3 Å². The summed E-state index contributed by atoms with van der Waals surface area (Å²) >= 11 is 0. The van der Waals surface area contributed by atoms with Crippen molar-refractivity contribution in [1.29, 1.82) is 0 Å². The highest BCUT2D eigenvalue weighted by Crippen LogP contribution is 2.37. The fourth-order valence-electron chi connectivity index (χ4n) is 3.27. The van der Waals surface area contributed by atoms with Crippen LogP contribution in [0.25, 0.3) is 0 Å². The number of nitrogens with zero attached hydrogens (tertiary/aromatic N) is 1. The van der Waals surface area contributed by atoms with Crippen molar-refractivity contribution in [3.8, 4) is 0 Å². The Labute approximate surface area is 143 Å². The molecule has 7 heteroatoms. The van der Waals surface area contributed by atoms with Crippen molar-refractivity contribution in [3.63, 3.8) is 0 Å². The van der Waals surface area contributed by atoms with Crippen LogP contribution < -0.4 is 16.6 Å². The Hall–Kier alpha value is -2.44. The van der Waals surface area contributed by atoms with E-state index in [1.807, 2.05) is 37.3 Å². The molecule has 1 heterocycles. The van der Waals surface area contributed by atoms with Gasteiger partial charge in [-0.25, -0.2) is 13.6 Å². The summed E-state index contributed by atoms with van der Waals surface area (Å²) in [5.74, 6) is -2.37. The fourth-order valence-corrected chi connectivity index (χ4v) is 3.27. The first-order valence-electron chi connectivity index (χ1n) is 8.41. The normalized spacial score (nSPS) is 18.7. The summed E-state index contributed by atoms with van der Waals surface area (Å²) in [4.78, 5) is 27.3. The van der Waals surface area contributed by atoms with Gasteiger partial charge >= 0.3 is 5.69 Å². The van der Waals surface area contributed by atoms with Gasteiger partial charge in [-0.15, -0.1) is 0 Å². The Morgan fingerprint density at radius 1 is 1.20 bits per heavy atom. The lowest BCUT2D eigenvalue weighted by Crippen LogP contribution is -2.40. The number of halogens is 2. The van der Waals surface area contributed by atoms with Gasteiger partial charge in [-0.3, -0.25) is 14.3 Å². The van der Waals surface area contributed by atoms with E-state index in [4.69, 9.17) is 0 Å². The standard InChI is InChI=1S/C18H21F2N3O2/c1-12(13-5-3-2-4-6-13)21-15-11-16(24)23(17(25)22-15)14-7-9-18(19,20)10-8-14/h2-6,11-12,14,21H,7-10H2,1H3,(H,22,25)/t12-/m0/s1. The minimum atomic E-state index is -2.69. The van der Waals surface area contributed by atoms with Crippen LogP contribution >= 0.6 is 0 Å². The summed E-state index contributed by atoms with van der Waals surface area (Å²) in [5.41, 5.74) is -0.0192. The molecule has 0 radical (unpaired) electrons. The molecule has 0 bridgehead atoms. The molecule has 3 rings (SSSR count). The molecule has 1 aliphatic rings. The van der Waals surface area contributed by atoms with E-state index in [0.29, 0.717) is 5.82 Å². The number of nitrogens with one attached hydrogen (secondary N) is 2. The monoisotopic (exact) mass is 349 g/mol. The average Bonchev–Trinajstić information content (AvgIpc) is 2.56. The first-order valence-corrected chi connectivity index (χ1v) is 8.41. The lowest BCUT2D eigenvalue weighted by atomic mass is 9.92. The quantitative estimate of drug-likeness (QED) is 0.888. The van der Waals surface area contributed by atoms with Crippen LogP contribution in [0.4, 0.5) is 14.6 Å². The smallest absolute Gasteiger partial charge is 0.330 e. The van der Waals surface area contributed by atoms with Crippen LogP contribution in [-0.4, -0.2) is 15.5 Å². The van der Waals surface area contributed by atoms with Crippen LogP contribution in [0.5, 0.6) is 0 Å². The molecule has 0 spiro atoms. The van der Waals surface area contributed by atoms with Crippen LogP contribution in [0.15, 0.2) is 46.0 Å². The number of anilines is 1. The summed E-state index contributed by atoms with van der Waals surface area (Å²) in [7, 11) is 0. The number of hydrogen-bond donors (Lipinski definition) is 2. The molecule has 1 aromatic heterocycles. The molecular formula is C18H21F2N3O2. The fraction of sp³-hybridized carbons (Fsp3) is 0.444. The van der Waals surface area contributed by atoms with Gasteiger partial charge in [0.25, 0.3) is 5.56 Å². The second kappa shape index (κ2) is 6.82. The Bertz CT molecular complexity index is 804. The minimum Gasteiger partial charge on any atom is -0.365 e. The highest BCUT2D eigenvalue weighted by atomic mass is 19.3. The lowest BCUT2D eigenvalue weighted by Gasteiger charge is -2.29. The highest BCUT2D eigenvalue weighted by Gasteiger charge is 2.36. The molecule has 25 heavy (non-hydrogen) atoms. The van der Waals surface area contributed by atoms with Gasteiger partial charge in [-0.2, -0.15) is 0 Å². The van der Waals surface area contributed by atoms with E-state index in [-0.39, 0.29) is 31.7 Å². The maximum absolute atomic E-state index is 13.3. The first kappa shape index (κ1) is 17.4. The summed E-state index contributed by atoms with van der Waals surface area (Å²) in [5, 5.41) is 3.09. The number of aromatic amines is 1. The summed E-state index contributed by atoms with van der Waals surface area (Å²) in [6.45, 7) is 1.92. The average molecular weight is 349 g/mol. The van der Waals surface area contributed by atoms with Crippen molar-refractivity contribution in [2.75, 3.05) is 5.32 Å². The zero-order valence-corrected chi connectivity index (χ0v) is 14.0. The largest absolute Gasteiger partial charge is 0.365 e. The van der Waals surface area contributed by atoms with Crippen molar-refractivity contribution in [1.82, 2.24) is 9.55 Å². The number of alkyl halides is 2. The molecule has 1 aliphatic carbocycles. The number of H-pyrrole nitrogens is 1. The second-order valence-electron chi connectivity index (χ2n) is 6.56.